The van der Waals surface area contributed by atoms with Crippen LogP contribution in [-0.2, 0) is 0 Å². The van der Waals surface area contributed by atoms with E-state index in [0.29, 0.717) is 22.9 Å². The van der Waals surface area contributed by atoms with Crippen LogP contribution in [0.25, 0.3) is 0 Å². The molecule has 2 aromatic carbocycles. The monoisotopic (exact) mass is 289 g/mol. The number of nitrogens with one attached hydrogen (secondary N) is 1. The third-order valence-corrected chi connectivity index (χ3v) is 2.92. The van der Waals surface area contributed by atoms with Crippen molar-refractivity contribution < 1.29 is 14.4 Å². The second-order valence-electron chi connectivity index (χ2n) is 4.22. The van der Waals surface area contributed by atoms with Crippen molar-refractivity contribution in [2.45, 2.75) is 0 Å². The fraction of sp³-hybridized carbons (Fsp3) is 0.143. The molecular formula is C14H15N3O4. The number of benzene rings is 2. The molecule has 0 aliphatic rings. The standard InChI is InChI=1S/C14H15N3O4/c1-20-10-4-6-13(14(8-10)21-2)16-12-5-3-9(17(18)19)7-11(12)15/h3-8,16H,15H2,1-2H3. The highest BCUT2D eigenvalue weighted by Gasteiger charge is 2.11. The van der Waals surface area contributed by atoms with Crippen LogP contribution in [0.2, 0.25) is 0 Å². The van der Waals surface area contributed by atoms with E-state index in [1.807, 2.05) is 0 Å². The first-order valence-corrected chi connectivity index (χ1v) is 6.08. The second kappa shape index (κ2) is 6.00. The van der Waals surface area contributed by atoms with Crippen LogP contribution in [-0.4, -0.2) is 19.1 Å². The van der Waals surface area contributed by atoms with Crippen LogP contribution in [0, 0.1) is 10.1 Å². The summed E-state index contributed by atoms with van der Waals surface area (Å²) >= 11 is 0. The Hall–Kier alpha value is -2.96. The topological polar surface area (TPSA) is 99.6 Å². The molecule has 3 N–H and O–H groups in total. The Labute approximate surface area is 121 Å². The van der Waals surface area contributed by atoms with Crippen LogP contribution in [0.1, 0.15) is 0 Å². The number of nitro benzene ring substituents is 1. The van der Waals surface area contributed by atoms with E-state index in [1.54, 1.807) is 38.5 Å². The Morgan fingerprint density at radius 1 is 1.10 bits per heavy atom. The zero-order valence-corrected chi connectivity index (χ0v) is 11.6. The lowest BCUT2D eigenvalue weighted by atomic mass is 10.2. The Bertz CT molecular complexity index is 673. The molecule has 2 rings (SSSR count). The lowest BCUT2D eigenvalue weighted by Crippen LogP contribution is -2.00. The highest BCUT2D eigenvalue weighted by molar-refractivity contribution is 5.77. The van der Waals surface area contributed by atoms with E-state index < -0.39 is 4.92 Å². The molecule has 0 aliphatic carbocycles. The number of nitro groups is 1. The van der Waals surface area contributed by atoms with E-state index in [9.17, 15) is 10.1 Å². The number of rotatable bonds is 5. The maximum Gasteiger partial charge on any atom is 0.271 e. The number of nitrogen functional groups attached to an aromatic ring is 1. The molecule has 7 heteroatoms. The van der Waals surface area contributed by atoms with Crippen LogP contribution in [0.15, 0.2) is 36.4 Å². The van der Waals surface area contributed by atoms with Gasteiger partial charge in [0.05, 0.1) is 36.2 Å². The minimum Gasteiger partial charge on any atom is -0.497 e. The first-order chi connectivity index (χ1) is 10.0. The molecule has 2 aromatic rings. The Morgan fingerprint density at radius 3 is 2.38 bits per heavy atom. The minimum absolute atomic E-state index is 0.0558. The summed E-state index contributed by atoms with van der Waals surface area (Å²) in [6, 6.07) is 9.51. The van der Waals surface area contributed by atoms with E-state index in [2.05, 4.69) is 5.32 Å². The molecule has 0 saturated heterocycles. The molecule has 0 unspecified atom stereocenters. The van der Waals surface area contributed by atoms with Gasteiger partial charge in [0.15, 0.2) is 0 Å². The normalized spacial score (nSPS) is 10.0. The van der Waals surface area contributed by atoms with Gasteiger partial charge in [0, 0.05) is 18.2 Å². The van der Waals surface area contributed by atoms with Crippen molar-refractivity contribution in [2.75, 3.05) is 25.3 Å². The number of methoxy groups -OCH3 is 2. The molecule has 0 fully saturated rings. The average Bonchev–Trinajstić information content (AvgIpc) is 2.49. The largest absolute Gasteiger partial charge is 0.497 e. The third-order valence-electron chi connectivity index (χ3n) is 2.92. The van der Waals surface area contributed by atoms with Crippen LogP contribution in [0.4, 0.5) is 22.7 Å². The molecule has 0 atom stereocenters. The van der Waals surface area contributed by atoms with Gasteiger partial charge in [-0.2, -0.15) is 0 Å². The Kier molecular flexibility index (Phi) is 4.13. The van der Waals surface area contributed by atoms with E-state index >= 15 is 0 Å². The van der Waals surface area contributed by atoms with Crippen molar-refractivity contribution in [3.05, 3.63) is 46.5 Å². The average molecular weight is 289 g/mol. The highest BCUT2D eigenvalue weighted by atomic mass is 16.6. The molecule has 0 aromatic heterocycles. The van der Waals surface area contributed by atoms with E-state index in [0.717, 1.165) is 0 Å². The van der Waals surface area contributed by atoms with E-state index in [-0.39, 0.29) is 11.4 Å². The molecule has 110 valence electrons. The number of nitrogens with two attached hydrogens (primary N) is 1. The third kappa shape index (κ3) is 3.14. The molecule has 0 aliphatic heterocycles. The minimum atomic E-state index is -0.492. The van der Waals surface area contributed by atoms with Crippen molar-refractivity contribution in [3.63, 3.8) is 0 Å². The highest BCUT2D eigenvalue weighted by Crippen LogP contribution is 2.34. The maximum atomic E-state index is 10.7. The Balaban J connectivity index is 2.32. The predicted octanol–water partition coefficient (Wildman–Crippen LogP) is 2.94. The quantitative estimate of drug-likeness (QED) is 0.498. The number of hydrogen-bond donors (Lipinski definition) is 2. The summed E-state index contributed by atoms with van der Waals surface area (Å²) in [7, 11) is 3.11. The fourth-order valence-electron chi connectivity index (χ4n) is 1.82. The lowest BCUT2D eigenvalue weighted by Gasteiger charge is -2.13. The first kappa shape index (κ1) is 14.4. The van der Waals surface area contributed by atoms with Gasteiger partial charge >= 0.3 is 0 Å². The number of anilines is 3. The lowest BCUT2D eigenvalue weighted by molar-refractivity contribution is -0.384. The number of nitrogens with zero attached hydrogens (tertiary/aromatic N) is 1. The van der Waals surface area contributed by atoms with Gasteiger partial charge in [-0.1, -0.05) is 0 Å². The molecule has 0 bridgehead atoms. The number of hydrogen-bond acceptors (Lipinski definition) is 6. The predicted molar refractivity (Wildman–Crippen MR) is 80.3 cm³/mol. The summed E-state index contributed by atoms with van der Waals surface area (Å²) in [5, 5.41) is 13.8. The molecule has 0 spiro atoms. The van der Waals surface area contributed by atoms with Gasteiger partial charge in [0.25, 0.3) is 5.69 Å². The fourth-order valence-corrected chi connectivity index (χ4v) is 1.82. The SMILES string of the molecule is COc1ccc(Nc2ccc([N+](=O)[O-])cc2N)c(OC)c1. The molecule has 21 heavy (non-hydrogen) atoms. The van der Waals surface area contributed by atoms with Gasteiger partial charge in [0.2, 0.25) is 0 Å². The summed E-state index contributed by atoms with van der Waals surface area (Å²) in [6.07, 6.45) is 0. The van der Waals surface area contributed by atoms with Gasteiger partial charge in [-0.25, -0.2) is 0 Å². The molecule has 0 amide bonds. The molecule has 7 nitrogen and oxygen atoms in total. The van der Waals surface area contributed by atoms with Crippen molar-refractivity contribution in [1.82, 2.24) is 0 Å². The first-order valence-electron chi connectivity index (χ1n) is 6.08. The molecule has 0 radical (unpaired) electrons. The zero-order valence-electron chi connectivity index (χ0n) is 11.6. The van der Waals surface area contributed by atoms with Crippen LogP contribution in [0.3, 0.4) is 0 Å². The maximum absolute atomic E-state index is 10.7. The van der Waals surface area contributed by atoms with Gasteiger partial charge in [-0.3, -0.25) is 10.1 Å². The summed E-state index contributed by atoms with van der Waals surface area (Å²) < 4.78 is 10.4. The van der Waals surface area contributed by atoms with Gasteiger partial charge in [0.1, 0.15) is 11.5 Å². The molecule has 0 heterocycles. The zero-order chi connectivity index (χ0) is 15.4. The van der Waals surface area contributed by atoms with Crippen LogP contribution >= 0.6 is 0 Å². The van der Waals surface area contributed by atoms with E-state index in [4.69, 9.17) is 15.2 Å². The van der Waals surface area contributed by atoms with Crippen molar-refractivity contribution in [2.24, 2.45) is 0 Å². The van der Waals surface area contributed by atoms with Crippen molar-refractivity contribution in [1.29, 1.82) is 0 Å². The molecular weight excluding hydrogens is 274 g/mol. The smallest absolute Gasteiger partial charge is 0.271 e. The van der Waals surface area contributed by atoms with Gasteiger partial charge in [-0.05, 0) is 18.2 Å². The summed E-state index contributed by atoms with van der Waals surface area (Å²) in [5.41, 5.74) is 7.28. The van der Waals surface area contributed by atoms with Crippen LogP contribution < -0.4 is 20.5 Å². The van der Waals surface area contributed by atoms with Gasteiger partial charge < -0.3 is 20.5 Å². The number of non-ortho nitro benzene ring substituents is 1. The van der Waals surface area contributed by atoms with Crippen LogP contribution in [0.5, 0.6) is 11.5 Å². The second-order valence-corrected chi connectivity index (χ2v) is 4.22. The van der Waals surface area contributed by atoms with Gasteiger partial charge in [-0.15, -0.1) is 0 Å². The number of ether oxygens (including phenoxy) is 2. The molecule has 0 saturated carbocycles. The Morgan fingerprint density at radius 2 is 1.81 bits per heavy atom. The van der Waals surface area contributed by atoms with Crippen molar-refractivity contribution >= 4 is 22.7 Å². The summed E-state index contributed by atoms with van der Waals surface area (Å²) in [5.74, 6) is 1.24. The summed E-state index contributed by atoms with van der Waals surface area (Å²) in [4.78, 5) is 10.2. The van der Waals surface area contributed by atoms with Crippen molar-refractivity contribution in [3.8, 4) is 11.5 Å². The summed E-state index contributed by atoms with van der Waals surface area (Å²) in [6.45, 7) is 0. The van der Waals surface area contributed by atoms with E-state index in [1.165, 1.54) is 12.1 Å².